The summed E-state index contributed by atoms with van der Waals surface area (Å²) in [5.41, 5.74) is 5.12. The van der Waals surface area contributed by atoms with Crippen LogP contribution in [0, 0.1) is 13.8 Å². The topological polar surface area (TPSA) is 69.9 Å². The van der Waals surface area contributed by atoms with Crippen molar-refractivity contribution in [3.05, 3.63) is 119 Å². The molecule has 1 atom stereocenters. The third-order valence-electron chi connectivity index (χ3n) is 7.70. The zero-order valence-corrected chi connectivity index (χ0v) is 26.4. The van der Waals surface area contributed by atoms with Crippen LogP contribution in [-0.4, -0.2) is 43.0 Å². The van der Waals surface area contributed by atoms with Crippen LogP contribution in [0.15, 0.2) is 102 Å². The van der Waals surface area contributed by atoms with E-state index in [0.717, 1.165) is 22.3 Å². The van der Waals surface area contributed by atoms with Crippen molar-refractivity contribution in [1.29, 1.82) is 0 Å². The number of benzene rings is 3. The summed E-state index contributed by atoms with van der Waals surface area (Å²) in [7, 11) is -2.77. The summed E-state index contributed by atoms with van der Waals surface area (Å²) in [5, 5.41) is 33.3. The average molecular weight is 571 g/mol. The van der Waals surface area contributed by atoms with Crippen LogP contribution in [0.2, 0.25) is 5.04 Å². The largest absolute Gasteiger partial charge is 0.507 e. The van der Waals surface area contributed by atoms with Crippen molar-refractivity contribution in [3.8, 4) is 5.75 Å². The second-order valence-corrected chi connectivity index (χ2v) is 16.3. The summed E-state index contributed by atoms with van der Waals surface area (Å²) in [6.45, 7) is 16.9. The number of hydrogen-bond donors (Lipinski definition) is 3. The van der Waals surface area contributed by atoms with Crippen molar-refractivity contribution >= 4 is 24.8 Å². The molecule has 0 aliphatic heterocycles. The number of hydrogen-bond acceptors (Lipinski definition) is 4. The third kappa shape index (κ3) is 7.75. The first-order valence-electron chi connectivity index (χ1n) is 14.3. The predicted molar refractivity (Wildman–Crippen MR) is 174 cm³/mol. The van der Waals surface area contributed by atoms with Gasteiger partial charge in [0.15, 0.2) is 0 Å². The summed E-state index contributed by atoms with van der Waals surface area (Å²) in [6.07, 6.45) is 4.11. The van der Waals surface area contributed by atoms with Crippen LogP contribution in [-0.2, 0) is 4.43 Å². The maximum absolute atomic E-state index is 11.2. The minimum absolute atomic E-state index is 0.178. The molecule has 0 heterocycles. The van der Waals surface area contributed by atoms with Crippen molar-refractivity contribution in [2.24, 2.45) is 0 Å². The maximum atomic E-state index is 11.2. The highest BCUT2D eigenvalue weighted by Crippen LogP contribution is 2.37. The van der Waals surface area contributed by atoms with E-state index in [1.54, 1.807) is 6.08 Å². The lowest BCUT2D eigenvalue weighted by molar-refractivity contribution is 0.198. The van der Waals surface area contributed by atoms with E-state index in [-0.39, 0.29) is 18.3 Å². The smallest absolute Gasteiger partial charge is 0.261 e. The monoisotopic (exact) mass is 570 g/mol. The van der Waals surface area contributed by atoms with Crippen LogP contribution in [0.1, 0.15) is 57.2 Å². The van der Waals surface area contributed by atoms with E-state index in [1.165, 1.54) is 10.4 Å². The highest BCUT2D eigenvalue weighted by Gasteiger charge is 2.50. The minimum Gasteiger partial charge on any atom is -0.507 e. The molecule has 0 saturated carbocycles. The molecule has 218 valence electrons. The Hall–Kier alpha value is -3.22. The number of aliphatic hydroxyl groups excluding tert-OH is 2. The summed E-state index contributed by atoms with van der Waals surface area (Å²) in [4.78, 5) is 0. The van der Waals surface area contributed by atoms with E-state index in [2.05, 4.69) is 82.0 Å². The molecule has 0 aliphatic carbocycles. The highest BCUT2D eigenvalue weighted by molar-refractivity contribution is 6.99. The van der Waals surface area contributed by atoms with Gasteiger partial charge in [0.1, 0.15) is 5.75 Å². The van der Waals surface area contributed by atoms with Crippen molar-refractivity contribution < 1.29 is 19.7 Å². The zero-order valence-electron chi connectivity index (χ0n) is 25.4. The molecule has 0 aliphatic rings. The number of aromatic hydroxyl groups is 1. The number of aliphatic hydroxyl groups is 2. The summed E-state index contributed by atoms with van der Waals surface area (Å²) >= 11 is 0. The van der Waals surface area contributed by atoms with Crippen LogP contribution in [0.4, 0.5) is 0 Å². The molecule has 0 aromatic heterocycles. The van der Waals surface area contributed by atoms with Gasteiger partial charge in [-0.25, -0.2) is 0 Å². The van der Waals surface area contributed by atoms with Crippen molar-refractivity contribution in [2.45, 2.75) is 65.5 Å². The number of allylic oxidation sites excluding steroid dienone is 1. The van der Waals surface area contributed by atoms with E-state index in [0.29, 0.717) is 29.7 Å². The van der Waals surface area contributed by atoms with Gasteiger partial charge in [0.05, 0.1) is 19.3 Å². The lowest BCUT2D eigenvalue weighted by Gasteiger charge is -2.43. The van der Waals surface area contributed by atoms with E-state index in [4.69, 9.17) is 4.43 Å². The van der Waals surface area contributed by atoms with Crippen LogP contribution >= 0.6 is 0 Å². The zero-order chi connectivity index (χ0) is 30.2. The molecule has 0 spiro atoms. The second kappa shape index (κ2) is 14.1. The van der Waals surface area contributed by atoms with Gasteiger partial charge in [0.2, 0.25) is 0 Å². The van der Waals surface area contributed by atoms with Crippen LogP contribution in [0.25, 0.3) is 6.08 Å². The van der Waals surface area contributed by atoms with E-state index >= 15 is 0 Å². The molecular formula is C36H46O4Si. The van der Waals surface area contributed by atoms with Gasteiger partial charge in [0.25, 0.3) is 8.32 Å². The summed E-state index contributed by atoms with van der Waals surface area (Å²) < 4.78 is 7.02. The molecule has 3 rings (SSSR count). The van der Waals surface area contributed by atoms with E-state index in [1.807, 2.05) is 45.0 Å². The molecule has 4 nitrogen and oxygen atoms in total. The normalized spacial score (nSPS) is 13.8. The van der Waals surface area contributed by atoms with Gasteiger partial charge in [-0.05, 0) is 89.0 Å². The predicted octanol–water partition coefficient (Wildman–Crippen LogP) is 6.60. The van der Waals surface area contributed by atoms with Gasteiger partial charge in [-0.15, -0.1) is 0 Å². The molecule has 0 saturated heterocycles. The summed E-state index contributed by atoms with van der Waals surface area (Å²) in [5.74, 6) is 0.327. The average Bonchev–Trinajstić information content (AvgIpc) is 2.94. The van der Waals surface area contributed by atoms with Gasteiger partial charge in [-0.3, -0.25) is 0 Å². The molecule has 0 amide bonds. The van der Waals surface area contributed by atoms with Gasteiger partial charge in [-0.1, -0.05) is 106 Å². The Bertz CT molecular complexity index is 1310. The minimum atomic E-state index is -2.77. The van der Waals surface area contributed by atoms with Crippen molar-refractivity contribution in [1.82, 2.24) is 0 Å². The fourth-order valence-electron chi connectivity index (χ4n) is 5.60. The first-order valence-corrected chi connectivity index (χ1v) is 16.2. The lowest BCUT2D eigenvalue weighted by Crippen LogP contribution is -2.66. The van der Waals surface area contributed by atoms with Gasteiger partial charge in [0, 0.05) is 0 Å². The second-order valence-electron chi connectivity index (χ2n) is 11.9. The number of aryl methyl sites for hydroxylation is 2. The molecule has 3 aromatic carbocycles. The molecule has 41 heavy (non-hydrogen) atoms. The third-order valence-corrected chi connectivity index (χ3v) is 12.7. The van der Waals surface area contributed by atoms with Crippen LogP contribution < -0.4 is 10.4 Å². The van der Waals surface area contributed by atoms with E-state index in [9.17, 15) is 15.3 Å². The van der Waals surface area contributed by atoms with Crippen LogP contribution in [0.5, 0.6) is 5.75 Å². The first-order chi connectivity index (χ1) is 19.4. The Morgan fingerprint density at radius 3 is 1.93 bits per heavy atom. The highest BCUT2D eigenvalue weighted by atomic mass is 28.4. The Kier molecular flexibility index (Phi) is 11.1. The van der Waals surface area contributed by atoms with Gasteiger partial charge < -0.3 is 19.7 Å². The molecule has 1 unspecified atom stereocenters. The van der Waals surface area contributed by atoms with Gasteiger partial charge in [-0.2, -0.15) is 0 Å². The Morgan fingerprint density at radius 2 is 1.46 bits per heavy atom. The Balaban J connectivity index is 1.81. The van der Waals surface area contributed by atoms with Gasteiger partial charge >= 0.3 is 0 Å². The molecule has 5 heteroatoms. The van der Waals surface area contributed by atoms with Crippen molar-refractivity contribution in [3.63, 3.8) is 0 Å². The standard InChI is InChI=1S/C36H46O4Si/c1-26(22-30-23-27(2)35(39)28(3)24-30)18-19-34(38)33(20-21-37)29(4)25-40-41(36(5,6)7,31-14-10-8-11-15-31)32-16-12-9-13-17-32/h8-17,20,22-24,34,37-39H,4,18-19,21,25H2,1-3,5-7H3/b26-22+,33-20-. The maximum Gasteiger partial charge on any atom is 0.261 e. The lowest BCUT2D eigenvalue weighted by atomic mass is 9.96. The first kappa shape index (κ1) is 32.3. The molecule has 0 bridgehead atoms. The number of rotatable bonds is 12. The van der Waals surface area contributed by atoms with Crippen LogP contribution in [0.3, 0.4) is 0 Å². The van der Waals surface area contributed by atoms with Crippen molar-refractivity contribution in [2.75, 3.05) is 13.2 Å². The molecule has 3 aromatic rings. The van der Waals surface area contributed by atoms with E-state index < -0.39 is 14.4 Å². The number of phenolic OH excluding ortho intramolecular Hbond substituents is 1. The molecule has 0 radical (unpaired) electrons. The number of phenols is 1. The molecular weight excluding hydrogens is 524 g/mol. The summed E-state index contributed by atoms with van der Waals surface area (Å²) in [6, 6.07) is 24.8. The Morgan fingerprint density at radius 1 is 0.951 bits per heavy atom. The SMILES string of the molecule is C=C(CO[Si](c1ccccc1)(c1ccccc1)C(C)(C)C)/C(=C/CO)C(O)CC/C(C)=C/c1cc(C)c(O)c(C)c1. The fourth-order valence-corrected chi connectivity index (χ4v) is 10.2. The molecule has 0 fully saturated rings. The quantitative estimate of drug-likeness (QED) is 0.169. The molecule has 3 N–H and O–H groups in total. The fraction of sp³-hybridized carbons (Fsp3) is 0.333. The Labute approximate surface area is 247 Å².